The van der Waals surface area contributed by atoms with Gasteiger partial charge in [0.2, 0.25) is 5.95 Å². The Hall–Kier alpha value is -1.70. The lowest BCUT2D eigenvalue weighted by molar-refractivity contribution is 0.351. The summed E-state index contributed by atoms with van der Waals surface area (Å²) in [6, 6.07) is 4.18. The van der Waals surface area contributed by atoms with E-state index in [9.17, 15) is 5.21 Å². The molecule has 1 saturated heterocycles. The van der Waals surface area contributed by atoms with Crippen LogP contribution >= 0.6 is 11.3 Å². The summed E-state index contributed by atoms with van der Waals surface area (Å²) < 4.78 is -0.296. The van der Waals surface area contributed by atoms with Gasteiger partial charge in [0.05, 0.1) is 11.6 Å². The van der Waals surface area contributed by atoms with E-state index in [1.54, 1.807) is 11.3 Å². The van der Waals surface area contributed by atoms with Gasteiger partial charge in [-0.25, -0.2) is 4.98 Å². The van der Waals surface area contributed by atoms with Crippen molar-refractivity contribution in [1.82, 2.24) is 14.6 Å². The number of nitrogens with one attached hydrogen (secondary N) is 1. The molecule has 2 unspecified atom stereocenters. The fourth-order valence-electron chi connectivity index (χ4n) is 3.66. The summed E-state index contributed by atoms with van der Waals surface area (Å²) in [7, 11) is 0. The number of rotatable bonds is 3. The number of quaternary nitrogens is 1. The number of fused-ring (bicyclic) bond motifs is 3. The first kappa shape index (κ1) is 14.9. The number of anilines is 2. The van der Waals surface area contributed by atoms with E-state index in [0.29, 0.717) is 19.0 Å². The third-order valence-electron chi connectivity index (χ3n) is 4.66. The fraction of sp³-hybridized carbons (Fsp3) is 0.500. The van der Waals surface area contributed by atoms with E-state index in [1.807, 2.05) is 30.6 Å². The van der Waals surface area contributed by atoms with Crippen molar-refractivity contribution in [1.29, 1.82) is 0 Å². The van der Waals surface area contributed by atoms with Crippen molar-refractivity contribution in [3.05, 3.63) is 34.5 Å². The standard InChI is InChI=1S/C16H21N5OS/c1-2-17-16-18-9-12-10-21(22,14-6-4-8-23-14)11-13-5-3-7-20(13)15(12)19-16/h4,6,8-9,13H,2-3,5,7,10-11H2,1H3,(H,17,18,19). The Bertz CT molecular complexity index is 692. The van der Waals surface area contributed by atoms with Crippen LogP contribution in [0.2, 0.25) is 0 Å². The first-order chi connectivity index (χ1) is 11.2. The largest absolute Gasteiger partial charge is 0.626 e. The van der Waals surface area contributed by atoms with Crippen molar-refractivity contribution < 1.29 is 0 Å². The van der Waals surface area contributed by atoms with Crippen LogP contribution < -0.4 is 14.9 Å². The minimum absolute atomic E-state index is 0.264. The second-order valence-corrected chi connectivity index (χ2v) is 7.17. The summed E-state index contributed by atoms with van der Waals surface area (Å²) in [5.74, 6) is 1.60. The molecule has 1 N–H and O–H groups in total. The summed E-state index contributed by atoms with van der Waals surface area (Å²) in [6.07, 6.45) is 4.02. The molecule has 1 fully saturated rings. The molecule has 6 nitrogen and oxygen atoms in total. The van der Waals surface area contributed by atoms with Crippen LogP contribution in [0.4, 0.5) is 16.8 Å². The van der Waals surface area contributed by atoms with Crippen LogP contribution in [0.15, 0.2) is 23.7 Å². The Morgan fingerprint density at radius 1 is 1.52 bits per heavy atom. The normalized spacial score (nSPS) is 26.5. The van der Waals surface area contributed by atoms with Gasteiger partial charge in [0.15, 0.2) is 5.00 Å². The van der Waals surface area contributed by atoms with Gasteiger partial charge >= 0.3 is 0 Å². The highest BCUT2D eigenvalue weighted by Crippen LogP contribution is 2.39. The highest BCUT2D eigenvalue weighted by molar-refractivity contribution is 7.13. The van der Waals surface area contributed by atoms with E-state index < -0.39 is 0 Å². The Kier molecular flexibility index (Phi) is 3.71. The average Bonchev–Trinajstić information content (AvgIpc) is 3.19. The summed E-state index contributed by atoms with van der Waals surface area (Å²) in [4.78, 5) is 11.4. The molecule has 2 aliphatic heterocycles. The summed E-state index contributed by atoms with van der Waals surface area (Å²) in [5.41, 5.74) is 0.958. The maximum Gasteiger partial charge on any atom is 0.224 e. The summed E-state index contributed by atoms with van der Waals surface area (Å²) in [5, 5.41) is 19.6. The molecule has 4 rings (SSSR count). The van der Waals surface area contributed by atoms with Crippen molar-refractivity contribution in [2.24, 2.45) is 0 Å². The average molecular weight is 331 g/mol. The van der Waals surface area contributed by atoms with Crippen LogP contribution in [-0.2, 0) is 6.54 Å². The third-order valence-corrected chi connectivity index (χ3v) is 5.67. The van der Waals surface area contributed by atoms with Gasteiger partial charge in [-0.05, 0) is 31.2 Å². The van der Waals surface area contributed by atoms with E-state index in [0.717, 1.165) is 42.3 Å². The quantitative estimate of drug-likeness (QED) is 0.692. The Morgan fingerprint density at radius 2 is 2.43 bits per heavy atom. The van der Waals surface area contributed by atoms with Crippen molar-refractivity contribution in [3.63, 3.8) is 0 Å². The number of hydroxylamine groups is 2. The van der Waals surface area contributed by atoms with Gasteiger partial charge in [-0.2, -0.15) is 4.98 Å². The van der Waals surface area contributed by atoms with Crippen molar-refractivity contribution in [2.75, 3.05) is 29.9 Å². The smallest absolute Gasteiger partial charge is 0.224 e. The minimum Gasteiger partial charge on any atom is -0.626 e. The van der Waals surface area contributed by atoms with Crippen LogP contribution in [0.5, 0.6) is 0 Å². The lowest BCUT2D eigenvalue weighted by Crippen LogP contribution is -2.48. The summed E-state index contributed by atoms with van der Waals surface area (Å²) in [6.45, 7) is 4.80. The number of hydrogen-bond acceptors (Lipinski definition) is 6. The van der Waals surface area contributed by atoms with Gasteiger partial charge in [0.25, 0.3) is 0 Å². The second-order valence-electron chi connectivity index (χ2n) is 6.24. The molecule has 2 aromatic rings. The fourth-order valence-corrected chi connectivity index (χ4v) is 4.44. The highest BCUT2D eigenvalue weighted by Gasteiger charge is 2.39. The van der Waals surface area contributed by atoms with Gasteiger partial charge in [-0.15, -0.1) is 0 Å². The zero-order chi connectivity index (χ0) is 15.9. The van der Waals surface area contributed by atoms with Gasteiger partial charge < -0.3 is 20.1 Å². The molecule has 0 amide bonds. The zero-order valence-electron chi connectivity index (χ0n) is 13.2. The molecule has 2 aliphatic rings. The predicted octanol–water partition coefficient (Wildman–Crippen LogP) is 2.96. The SMILES string of the molecule is CCNc1ncc2c(n1)N1CCCC1C[N+]([O-])(c1cccs1)C2. The minimum atomic E-state index is -0.296. The van der Waals surface area contributed by atoms with E-state index in [4.69, 9.17) is 4.98 Å². The molecule has 0 aliphatic carbocycles. The van der Waals surface area contributed by atoms with E-state index in [1.165, 1.54) is 0 Å². The van der Waals surface area contributed by atoms with Gasteiger partial charge in [0.1, 0.15) is 18.9 Å². The maximum atomic E-state index is 13.6. The van der Waals surface area contributed by atoms with Gasteiger partial charge in [-0.3, -0.25) is 0 Å². The molecule has 23 heavy (non-hydrogen) atoms. The monoisotopic (exact) mass is 331 g/mol. The van der Waals surface area contributed by atoms with Crippen molar-refractivity contribution in [3.8, 4) is 0 Å². The lowest BCUT2D eigenvalue weighted by Gasteiger charge is -2.41. The van der Waals surface area contributed by atoms with E-state index in [2.05, 4.69) is 15.2 Å². The Morgan fingerprint density at radius 3 is 3.22 bits per heavy atom. The molecule has 0 saturated carbocycles. The lowest BCUT2D eigenvalue weighted by atomic mass is 10.2. The molecular formula is C16H21N5OS. The first-order valence-electron chi connectivity index (χ1n) is 8.18. The van der Waals surface area contributed by atoms with Crippen LogP contribution in [-0.4, -0.2) is 35.6 Å². The molecule has 0 spiro atoms. The topological polar surface area (TPSA) is 64.1 Å². The molecule has 4 heterocycles. The second kappa shape index (κ2) is 5.74. The highest BCUT2D eigenvalue weighted by atomic mass is 32.1. The summed E-state index contributed by atoms with van der Waals surface area (Å²) >= 11 is 1.55. The Labute approximate surface area is 140 Å². The molecule has 7 heteroatoms. The maximum absolute atomic E-state index is 13.6. The third kappa shape index (κ3) is 2.58. The van der Waals surface area contributed by atoms with Crippen molar-refractivity contribution in [2.45, 2.75) is 32.4 Å². The zero-order valence-corrected chi connectivity index (χ0v) is 14.1. The molecule has 0 radical (unpaired) electrons. The van der Waals surface area contributed by atoms with E-state index >= 15 is 0 Å². The molecule has 0 bridgehead atoms. The van der Waals surface area contributed by atoms with Crippen LogP contribution in [0.3, 0.4) is 0 Å². The first-order valence-corrected chi connectivity index (χ1v) is 9.06. The van der Waals surface area contributed by atoms with Crippen LogP contribution in [0, 0.1) is 5.21 Å². The number of aromatic nitrogens is 2. The van der Waals surface area contributed by atoms with Crippen molar-refractivity contribution >= 4 is 28.1 Å². The van der Waals surface area contributed by atoms with Gasteiger partial charge in [0, 0.05) is 25.4 Å². The number of nitrogens with zero attached hydrogens (tertiary/aromatic N) is 4. The van der Waals surface area contributed by atoms with Crippen LogP contribution in [0.25, 0.3) is 0 Å². The van der Waals surface area contributed by atoms with Gasteiger partial charge in [-0.1, -0.05) is 11.3 Å². The molecule has 2 aromatic heterocycles. The number of hydrogen-bond donors (Lipinski definition) is 1. The Balaban J connectivity index is 1.78. The molecule has 122 valence electrons. The van der Waals surface area contributed by atoms with Crippen LogP contribution in [0.1, 0.15) is 25.3 Å². The molecular weight excluding hydrogens is 310 g/mol. The predicted molar refractivity (Wildman–Crippen MR) is 94.6 cm³/mol. The van der Waals surface area contributed by atoms with E-state index in [-0.39, 0.29) is 10.7 Å². The number of thiophene rings is 1. The molecule has 2 atom stereocenters. The molecule has 0 aromatic carbocycles.